The molecular weight excluding hydrogens is 972 g/mol. The summed E-state index contributed by atoms with van der Waals surface area (Å²) in [6, 6.07) is 44.3. The zero-order chi connectivity index (χ0) is 52.6. The predicted octanol–water partition coefficient (Wildman–Crippen LogP) is 10.6. The lowest BCUT2D eigenvalue weighted by molar-refractivity contribution is -0.134. The second kappa shape index (κ2) is 28.4. The first-order valence-corrected chi connectivity index (χ1v) is 21.8. The van der Waals surface area contributed by atoms with Crippen LogP contribution in [0.25, 0.3) is 0 Å². The zero-order valence-corrected chi connectivity index (χ0v) is 39.6. The van der Waals surface area contributed by atoms with Crippen LogP contribution in [-0.4, -0.2) is 39.7 Å². The van der Waals surface area contributed by atoms with Gasteiger partial charge in [0.1, 0.15) is 23.5 Å². The molecule has 0 aliphatic carbocycles. The Morgan fingerprint density at radius 2 is 0.944 bits per heavy atom. The molecule has 1 aromatic heterocycles. The summed E-state index contributed by atoms with van der Waals surface area (Å²) in [7, 11) is 0. The second-order valence-electron chi connectivity index (χ2n) is 14.6. The number of nitrogens with one attached hydrogen (secondary N) is 4. The van der Waals surface area contributed by atoms with Crippen LogP contribution in [0.2, 0.25) is 10.0 Å². The Morgan fingerprint density at radius 3 is 1.36 bits per heavy atom. The van der Waals surface area contributed by atoms with Gasteiger partial charge in [0, 0.05) is 74.5 Å². The molecule has 0 aliphatic heterocycles. The van der Waals surface area contributed by atoms with Crippen LogP contribution >= 0.6 is 23.2 Å². The average molecular weight is 1020 g/mol. The number of carbonyl (C=O) groups is 5. The van der Waals surface area contributed by atoms with Crippen molar-refractivity contribution in [3.8, 4) is 0 Å². The first-order chi connectivity index (χ1) is 34.4. The van der Waals surface area contributed by atoms with E-state index in [9.17, 15) is 28.0 Å². The summed E-state index contributed by atoms with van der Waals surface area (Å²) >= 11 is 11.6. The number of amides is 4. The summed E-state index contributed by atoms with van der Waals surface area (Å²) in [5, 5.41) is 19.2. The van der Waals surface area contributed by atoms with E-state index in [1.807, 2.05) is 0 Å². The van der Waals surface area contributed by atoms with Gasteiger partial charge < -0.3 is 53.7 Å². The number of carboxylic acid groups (broad SMARTS) is 1. The van der Waals surface area contributed by atoms with Crippen LogP contribution in [0.1, 0.15) is 54.0 Å². The molecule has 0 saturated heterocycles. The van der Waals surface area contributed by atoms with Crippen molar-refractivity contribution >= 4 is 92.6 Å². The topological polar surface area (TPSA) is 284 Å². The minimum absolute atomic E-state index is 0.175. The van der Waals surface area contributed by atoms with Crippen molar-refractivity contribution in [2.75, 3.05) is 38.5 Å². The number of oxazole rings is 1. The van der Waals surface area contributed by atoms with E-state index in [4.69, 9.17) is 60.5 Å². The number of rotatable bonds is 9. The maximum Gasteiger partial charge on any atom is 0.300 e. The molecule has 13 N–H and O–H groups in total. The molecular formula is C52H47Cl2F2N9O7. The predicted molar refractivity (Wildman–Crippen MR) is 278 cm³/mol. The number of carboxylic acids is 1. The van der Waals surface area contributed by atoms with Gasteiger partial charge >= 0.3 is 0 Å². The number of benzene rings is 7. The Hall–Kier alpha value is -9.10. The van der Waals surface area contributed by atoms with E-state index in [2.05, 4.69) is 26.3 Å². The Labute approximate surface area is 422 Å². The van der Waals surface area contributed by atoms with Crippen LogP contribution in [0, 0.1) is 11.6 Å². The van der Waals surface area contributed by atoms with Crippen molar-refractivity contribution in [1.82, 2.24) is 4.98 Å². The third kappa shape index (κ3) is 19.5. The van der Waals surface area contributed by atoms with E-state index in [1.165, 1.54) is 18.7 Å². The third-order valence-electron chi connectivity index (χ3n) is 9.00. The molecule has 0 bridgehead atoms. The third-order valence-corrected chi connectivity index (χ3v) is 9.49. The molecule has 0 saturated carbocycles. The van der Waals surface area contributed by atoms with Gasteiger partial charge in [0.25, 0.3) is 29.6 Å². The molecule has 0 atom stereocenters. The van der Waals surface area contributed by atoms with E-state index in [0.717, 1.165) is 24.6 Å². The molecule has 0 fully saturated rings. The Bertz CT molecular complexity index is 3000. The number of carbonyl (C=O) groups excluding carboxylic acids is 4. The summed E-state index contributed by atoms with van der Waals surface area (Å²) in [4.78, 5) is 59.7. The number of nitrogen functional groups attached to an aromatic ring is 3. The monoisotopic (exact) mass is 1020 g/mol. The van der Waals surface area contributed by atoms with Crippen molar-refractivity contribution in [3.05, 3.63) is 226 Å². The number of hydrogen-bond acceptors (Lipinski definition) is 11. The van der Waals surface area contributed by atoms with Crippen molar-refractivity contribution in [2.24, 2.45) is 5.73 Å². The largest absolute Gasteiger partial charge is 0.481 e. The fourth-order valence-electron chi connectivity index (χ4n) is 5.49. The normalized spacial score (nSPS) is 9.81. The van der Waals surface area contributed by atoms with Gasteiger partial charge in [-0.25, -0.2) is 13.8 Å². The van der Waals surface area contributed by atoms with Gasteiger partial charge in [-0.1, -0.05) is 47.5 Å². The number of hydrogen-bond donors (Lipinski definition) is 9. The Morgan fingerprint density at radius 1 is 0.542 bits per heavy atom. The maximum absolute atomic E-state index is 13.4. The van der Waals surface area contributed by atoms with E-state index >= 15 is 0 Å². The molecule has 8 rings (SSSR count). The van der Waals surface area contributed by atoms with E-state index in [0.29, 0.717) is 67.5 Å². The van der Waals surface area contributed by atoms with Crippen molar-refractivity contribution in [3.63, 3.8) is 0 Å². The molecule has 16 nitrogen and oxygen atoms in total. The highest BCUT2D eigenvalue weighted by atomic mass is 35.5. The number of aromatic nitrogens is 1. The first kappa shape index (κ1) is 55.5. The lowest BCUT2D eigenvalue weighted by atomic mass is 10.1. The van der Waals surface area contributed by atoms with Gasteiger partial charge in [0.15, 0.2) is 12.1 Å². The molecule has 4 amide bonds. The average Bonchev–Trinajstić information content (AvgIpc) is 3.91. The van der Waals surface area contributed by atoms with E-state index in [1.54, 1.807) is 146 Å². The van der Waals surface area contributed by atoms with Crippen molar-refractivity contribution in [1.29, 1.82) is 0 Å². The van der Waals surface area contributed by atoms with Crippen molar-refractivity contribution in [2.45, 2.75) is 13.5 Å². The second-order valence-corrected chi connectivity index (χ2v) is 15.5. The van der Waals surface area contributed by atoms with Crippen LogP contribution < -0.4 is 44.2 Å². The number of nitrogens with two attached hydrogens (primary N) is 4. The molecule has 0 spiro atoms. The summed E-state index contributed by atoms with van der Waals surface area (Å²) in [5.41, 5.74) is 28.2. The van der Waals surface area contributed by atoms with Crippen LogP contribution in [0.4, 0.5) is 48.6 Å². The van der Waals surface area contributed by atoms with Crippen LogP contribution in [0.15, 0.2) is 181 Å². The molecule has 1 heterocycles. The number of aliphatic carboxylic acids is 1. The molecule has 7 aromatic carbocycles. The smallest absolute Gasteiger partial charge is 0.300 e. The van der Waals surface area contributed by atoms with Crippen molar-refractivity contribution < 1.29 is 42.3 Å². The highest BCUT2D eigenvalue weighted by Gasteiger charge is 2.17. The lowest BCUT2D eigenvalue weighted by Gasteiger charge is -2.07. The Kier molecular flexibility index (Phi) is 21.9. The Balaban J connectivity index is 0.000000204. The van der Waals surface area contributed by atoms with Crippen LogP contribution in [0.5, 0.6) is 0 Å². The molecule has 0 unspecified atom stereocenters. The van der Waals surface area contributed by atoms with Crippen LogP contribution in [-0.2, 0) is 11.3 Å². The number of halogens is 4. The fraction of sp³-hybridized carbons (Fsp3) is 0.0385. The minimum atomic E-state index is -0.893. The molecule has 8 aromatic rings. The lowest BCUT2D eigenvalue weighted by Crippen LogP contribution is -2.15. The van der Waals surface area contributed by atoms with Gasteiger partial charge in [0.05, 0.1) is 0 Å². The highest BCUT2D eigenvalue weighted by Crippen LogP contribution is 2.18. The summed E-state index contributed by atoms with van der Waals surface area (Å²) in [6.45, 7) is 1.47. The number of anilines is 7. The van der Waals surface area contributed by atoms with Gasteiger partial charge in [-0.2, -0.15) is 0 Å². The summed E-state index contributed by atoms with van der Waals surface area (Å²) in [6.07, 6.45) is 2.49. The molecule has 72 heavy (non-hydrogen) atoms. The standard InChI is InChI=1S/C14H12F2N2O.2C13H11ClN2O.C10H9N3O2.C2H4O2/c15-11-2-1-3-12(16)13(11)14(19)18-10-6-4-9(8-17)5-7-10;14-10-3-1-9(2-4-10)13(17)16-12-7-5-11(15)6-8-12;14-10-3-1-2-9(8-10)13(17)16-12-6-4-11(15)5-7-12;11-7-1-3-8(4-2-7)13-10(14)9-5-15-6-12-9;1-2(3)4/h1-7H,8,17H2,(H,18,19);2*1-8H,15H2,(H,16,17);1-6H,11H2,(H,13,14);1H3,(H,3,4). The SMILES string of the molecule is CC(=O)O.NCc1ccc(NC(=O)c2c(F)cccc2F)cc1.Nc1ccc(NC(=O)c2ccc(Cl)cc2)cc1.Nc1ccc(NC(=O)c2cccc(Cl)c2)cc1.Nc1ccc(NC(=O)c2cocn2)cc1. The van der Waals surface area contributed by atoms with Gasteiger partial charge in [-0.15, -0.1) is 0 Å². The van der Waals surface area contributed by atoms with E-state index in [-0.39, 0.29) is 23.4 Å². The quantitative estimate of drug-likeness (QED) is 0.0611. The molecule has 370 valence electrons. The molecule has 0 aliphatic rings. The number of nitrogens with zero attached hydrogens (tertiary/aromatic N) is 1. The van der Waals surface area contributed by atoms with Gasteiger partial charge in [0.2, 0.25) is 0 Å². The fourth-order valence-corrected chi connectivity index (χ4v) is 5.81. The molecule has 20 heteroatoms. The zero-order valence-electron chi connectivity index (χ0n) is 38.1. The maximum atomic E-state index is 13.4. The van der Waals surface area contributed by atoms with Crippen LogP contribution in [0.3, 0.4) is 0 Å². The highest BCUT2D eigenvalue weighted by molar-refractivity contribution is 6.31. The van der Waals surface area contributed by atoms with Gasteiger partial charge in [-0.05, 0) is 145 Å². The molecule has 0 radical (unpaired) electrons. The summed E-state index contributed by atoms with van der Waals surface area (Å²) in [5.74, 6) is -4.12. The van der Waals surface area contributed by atoms with E-state index < -0.39 is 29.1 Å². The van der Waals surface area contributed by atoms with Gasteiger partial charge in [-0.3, -0.25) is 24.0 Å². The first-order valence-electron chi connectivity index (χ1n) is 21.0. The summed E-state index contributed by atoms with van der Waals surface area (Å²) < 4.78 is 31.5. The minimum Gasteiger partial charge on any atom is -0.481 e.